The molecule has 2 N–H and O–H groups in total. The number of rotatable bonds is 8. The zero-order chi connectivity index (χ0) is 26.7. The third-order valence-corrected chi connectivity index (χ3v) is 6.77. The molecule has 9 nitrogen and oxygen atoms in total. The van der Waals surface area contributed by atoms with Gasteiger partial charge in [0.1, 0.15) is 4.70 Å². The van der Waals surface area contributed by atoms with Gasteiger partial charge in [-0.05, 0) is 52.3 Å². The van der Waals surface area contributed by atoms with Crippen molar-refractivity contribution in [3.63, 3.8) is 0 Å². The topological polar surface area (TPSA) is 113 Å². The van der Waals surface area contributed by atoms with E-state index in [1.54, 1.807) is 23.4 Å². The van der Waals surface area contributed by atoms with Crippen LogP contribution >= 0.6 is 11.3 Å². The molecule has 37 heavy (non-hydrogen) atoms. The Morgan fingerprint density at radius 1 is 1.19 bits per heavy atom. The SMILES string of the molecule is C=C(/C=C(/C)C=C(C)C)C(=O)NC1CN(C(=O)c2nc(NC(C)c3cccnc3)nc3nc(C)sc23)C1. The highest BCUT2D eigenvalue weighted by atomic mass is 32.1. The molecule has 0 aliphatic carbocycles. The van der Waals surface area contributed by atoms with Gasteiger partial charge < -0.3 is 15.5 Å². The summed E-state index contributed by atoms with van der Waals surface area (Å²) in [5.74, 6) is -0.119. The quantitative estimate of drug-likeness (QED) is 0.337. The van der Waals surface area contributed by atoms with Crippen molar-refractivity contribution in [2.75, 3.05) is 18.4 Å². The molecule has 1 aliphatic rings. The van der Waals surface area contributed by atoms with Gasteiger partial charge in [-0.1, -0.05) is 29.9 Å². The van der Waals surface area contributed by atoms with Gasteiger partial charge in [0.25, 0.3) is 11.8 Å². The van der Waals surface area contributed by atoms with E-state index in [-0.39, 0.29) is 23.9 Å². The molecule has 0 saturated carbocycles. The maximum Gasteiger partial charge on any atom is 0.274 e. The van der Waals surface area contributed by atoms with Gasteiger partial charge in [-0.25, -0.2) is 9.97 Å². The average Bonchev–Trinajstić information content (AvgIpc) is 3.19. The number of thiazole rings is 1. The van der Waals surface area contributed by atoms with E-state index in [9.17, 15) is 9.59 Å². The number of likely N-dealkylation sites (tertiary alicyclic amines) is 1. The van der Waals surface area contributed by atoms with Crippen LogP contribution in [0.5, 0.6) is 0 Å². The Labute approximate surface area is 220 Å². The molecule has 10 heteroatoms. The van der Waals surface area contributed by atoms with Gasteiger partial charge in [-0.3, -0.25) is 14.6 Å². The third kappa shape index (κ3) is 6.26. The van der Waals surface area contributed by atoms with E-state index in [1.807, 2.05) is 52.8 Å². The summed E-state index contributed by atoms with van der Waals surface area (Å²) in [6, 6.07) is 3.57. The summed E-state index contributed by atoms with van der Waals surface area (Å²) in [5.41, 5.74) is 4.27. The van der Waals surface area contributed by atoms with Crippen LogP contribution < -0.4 is 10.6 Å². The lowest BCUT2D eigenvalue weighted by molar-refractivity contribution is -0.118. The number of allylic oxidation sites excluding steroid dienone is 3. The zero-order valence-corrected chi connectivity index (χ0v) is 22.5. The van der Waals surface area contributed by atoms with Crippen LogP contribution in [0.1, 0.15) is 54.8 Å². The lowest BCUT2D eigenvalue weighted by Gasteiger charge is -2.39. The monoisotopic (exact) mass is 517 g/mol. The normalized spacial score (nSPS) is 14.6. The predicted octanol–water partition coefficient (Wildman–Crippen LogP) is 4.37. The smallest absolute Gasteiger partial charge is 0.274 e. The summed E-state index contributed by atoms with van der Waals surface area (Å²) < 4.78 is 0.655. The number of anilines is 1. The molecule has 1 atom stereocenters. The van der Waals surface area contributed by atoms with E-state index in [1.165, 1.54) is 11.3 Å². The van der Waals surface area contributed by atoms with E-state index in [4.69, 9.17) is 0 Å². The fourth-order valence-electron chi connectivity index (χ4n) is 4.05. The van der Waals surface area contributed by atoms with Gasteiger partial charge >= 0.3 is 0 Å². The van der Waals surface area contributed by atoms with E-state index in [0.717, 1.165) is 21.7 Å². The van der Waals surface area contributed by atoms with Crippen LogP contribution in [0, 0.1) is 6.92 Å². The number of carbonyl (C=O) groups excluding carboxylic acids is 2. The lowest BCUT2D eigenvalue weighted by atomic mass is 10.1. The van der Waals surface area contributed by atoms with Crippen molar-refractivity contribution >= 4 is 39.4 Å². The van der Waals surface area contributed by atoms with Gasteiger partial charge in [-0.15, -0.1) is 11.3 Å². The van der Waals surface area contributed by atoms with Crippen LogP contribution in [0.25, 0.3) is 10.3 Å². The van der Waals surface area contributed by atoms with Crippen LogP contribution in [0.2, 0.25) is 0 Å². The Balaban J connectivity index is 1.44. The lowest BCUT2D eigenvalue weighted by Crippen LogP contribution is -2.61. The minimum atomic E-state index is -0.239. The molecule has 0 spiro atoms. The van der Waals surface area contributed by atoms with Gasteiger partial charge in [-0.2, -0.15) is 4.98 Å². The summed E-state index contributed by atoms with van der Waals surface area (Å²) in [7, 11) is 0. The number of carbonyl (C=O) groups is 2. The first-order chi connectivity index (χ1) is 17.6. The largest absolute Gasteiger partial charge is 0.348 e. The Kier molecular flexibility index (Phi) is 7.77. The van der Waals surface area contributed by atoms with Crippen molar-refractivity contribution in [2.24, 2.45) is 0 Å². The highest BCUT2D eigenvalue weighted by Gasteiger charge is 2.34. The minimum absolute atomic E-state index is 0.111. The first kappa shape index (κ1) is 26.2. The number of aromatic nitrogens is 4. The molecule has 0 radical (unpaired) electrons. The Morgan fingerprint density at radius 3 is 2.62 bits per heavy atom. The van der Waals surface area contributed by atoms with Gasteiger partial charge in [0.2, 0.25) is 5.95 Å². The Hall–Kier alpha value is -3.92. The number of hydrogen-bond acceptors (Lipinski definition) is 8. The van der Waals surface area contributed by atoms with Crippen LogP contribution in [0.4, 0.5) is 5.95 Å². The second kappa shape index (κ2) is 11.0. The van der Waals surface area contributed by atoms with E-state index >= 15 is 0 Å². The maximum atomic E-state index is 13.4. The highest BCUT2D eigenvalue weighted by Crippen LogP contribution is 2.28. The number of nitrogens with one attached hydrogen (secondary N) is 2. The molecule has 2 amide bonds. The second-order valence-corrected chi connectivity index (χ2v) is 10.7. The Morgan fingerprint density at radius 2 is 1.95 bits per heavy atom. The number of nitrogens with zero attached hydrogens (tertiary/aromatic N) is 5. The molecule has 1 aliphatic heterocycles. The van der Waals surface area contributed by atoms with Gasteiger partial charge in [0.05, 0.1) is 17.1 Å². The first-order valence-corrected chi connectivity index (χ1v) is 12.9. The average molecular weight is 518 g/mol. The van der Waals surface area contributed by atoms with Gasteiger partial charge in [0, 0.05) is 31.1 Å². The first-order valence-electron chi connectivity index (χ1n) is 12.0. The molecule has 3 aromatic rings. The molecule has 0 aromatic carbocycles. The van der Waals surface area contributed by atoms with Crippen molar-refractivity contribution in [1.82, 2.24) is 30.2 Å². The van der Waals surface area contributed by atoms with E-state index < -0.39 is 0 Å². The summed E-state index contributed by atoms with van der Waals surface area (Å²) in [6.45, 7) is 14.4. The summed E-state index contributed by atoms with van der Waals surface area (Å²) >= 11 is 1.39. The van der Waals surface area contributed by atoms with Crippen molar-refractivity contribution < 1.29 is 9.59 Å². The fourth-order valence-corrected chi connectivity index (χ4v) is 4.89. The molecule has 1 unspecified atom stereocenters. The number of aryl methyl sites for hydroxylation is 1. The molecule has 4 rings (SSSR count). The van der Waals surface area contributed by atoms with Crippen LogP contribution in [0.3, 0.4) is 0 Å². The molecule has 1 fully saturated rings. The molecule has 0 bridgehead atoms. The zero-order valence-electron chi connectivity index (χ0n) is 21.7. The number of amides is 2. The second-order valence-electron chi connectivity index (χ2n) is 9.45. The molecule has 192 valence electrons. The summed E-state index contributed by atoms with van der Waals surface area (Å²) in [6.07, 6.45) is 7.24. The molecule has 3 aromatic heterocycles. The maximum absolute atomic E-state index is 13.4. The number of fused-ring (bicyclic) bond motifs is 1. The van der Waals surface area contributed by atoms with Crippen molar-refractivity contribution in [3.05, 3.63) is 76.2 Å². The fraction of sp³-hybridized carbons (Fsp3) is 0.333. The van der Waals surface area contributed by atoms with Crippen molar-refractivity contribution in [1.29, 1.82) is 0 Å². The van der Waals surface area contributed by atoms with E-state index in [2.05, 4.69) is 37.1 Å². The van der Waals surface area contributed by atoms with Gasteiger partial charge in [0.15, 0.2) is 11.3 Å². The van der Waals surface area contributed by atoms with E-state index in [0.29, 0.717) is 40.7 Å². The predicted molar refractivity (Wildman–Crippen MR) is 146 cm³/mol. The van der Waals surface area contributed by atoms with Crippen LogP contribution in [0.15, 0.2) is 60.0 Å². The highest BCUT2D eigenvalue weighted by molar-refractivity contribution is 7.18. The molecular formula is C27H31N7O2S. The van der Waals surface area contributed by atoms with Crippen molar-refractivity contribution in [2.45, 2.75) is 46.7 Å². The third-order valence-electron chi connectivity index (χ3n) is 5.81. The minimum Gasteiger partial charge on any atom is -0.348 e. The summed E-state index contributed by atoms with van der Waals surface area (Å²) in [5, 5.41) is 7.01. The molecule has 1 saturated heterocycles. The standard InChI is InChI=1S/C27H31N7O2S/c1-15(2)10-16(3)11-17(4)25(35)31-21-13-34(14-21)26(36)22-23-24(30-19(6)37-23)33-27(32-22)29-18(5)20-8-7-9-28-12-20/h7-12,18,21H,4,13-14H2,1-3,5-6H3,(H,31,35)(H,29,32,33)/b16-11-. The van der Waals surface area contributed by atoms with Crippen molar-refractivity contribution in [3.8, 4) is 0 Å². The van der Waals surface area contributed by atoms with Crippen LogP contribution in [-0.2, 0) is 4.79 Å². The molecule has 4 heterocycles. The number of hydrogen-bond donors (Lipinski definition) is 2. The molecular weight excluding hydrogens is 486 g/mol. The Bertz CT molecular complexity index is 1400. The number of pyridine rings is 1. The van der Waals surface area contributed by atoms with Crippen LogP contribution in [-0.4, -0.2) is 55.8 Å². The summed E-state index contributed by atoms with van der Waals surface area (Å²) in [4.78, 5) is 45.4.